The van der Waals surface area contributed by atoms with Crippen molar-refractivity contribution in [2.45, 2.75) is 38.1 Å². The van der Waals surface area contributed by atoms with Gasteiger partial charge in [-0.2, -0.15) is 0 Å². The van der Waals surface area contributed by atoms with Crippen molar-refractivity contribution in [2.24, 2.45) is 5.73 Å². The molecule has 0 aliphatic carbocycles. The Morgan fingerprint density at radius 1 is 1.20 bits per heavy atom. The Labute approximate surface area is 176 Å². The van der Waals surface area contributed by atoms with Gasteiger partial charge in [0, 0.05) is 51.1 Å². The highest BCUT2D eigenvalue weighted by atomic mass is 16.5. The molecule has 0 atom stereocenters. The summed E-state index contributed by atoms with van der Waals surface area (Å²) in [5.41, 5.74) is 5.97. The van der Waals surface area contributed by atoms with Gasteiger partial charge in [-0.3, -0.25) is 14.4 Å². The van der Waals surface area contributed by atoms with Gasteiger partial charge in [-0.05, 0) is 37.5 Å². The third kappa shape index (κ3) is 5.41. The number of likely N-dealkylation sites (tertiary alicyclic amines) is 2. The molecule has 9 heteroatoms. The number of hydrogen-bond donors (Lipinski definition) is 2. The van der Waals surface area contributed by atoms with Crippen molar-refractivity contribution in [1.82, 2.24) is 9.80 Å². The van der Waals surface area contributed by atoms with Crippen molar-refractivity contribution in [3.8, 4) is 11.5 Å². The van der Waals surface area contributed by atoms with E-state index in [0.29, 0.717) is 49.7 Å². The number of carbonyl (C=O) groups is 3. The second kappa shape index (κ2) is 10.3. The van der Waals surface area contributed by atoms with Crippen molar-refractivity contribution < 1.29 is 29.0 Å². The fourth-order valence-corrected chi connectivity index (χ4v) is 3.92. The van der Waals surface area contributed by atoms with Gasteiger partial charge in [-0.1, -0.05) is 0 Å². The first-order chi connectivity index (χ1) is 14.2. The Hall–Kier alpha value is -2.81. The number of benzene rings is 1. The number of rotatable bonds is 5. The molecule has 2 amide bonds. The predicted molar refractivity (Wildman–Crippen MR) is 111 cm³/mol. The van der Waals surface area contributed by atoms with Crippen molar-refractivity contribution in [3.05, 3.63) is 23.8 Å². The lowest BCUT2D eigenvalue weighted by Crippen LogP contribution is -2.52. The van der Waals surface area contributed by atoms with Gasteiger partial charge in [0.15, 0.2) is 11.5 Å². The number of aliphatic carboxylic acids is 1. The number of carboxylic acid groups (broad SMARTS) is 1. The van der Waals surface area contributed by atoms with Crippen LogP contribution in [0.4, 0.5) is 0 Å². The molecule has 1 spiro atoms. The van der Waals surface area contributed by atoms with Gasteiger partial charge in [0.05, 0.1) is 7.11 Å². The summed E-state index contributed by atoms with van der Waals surface area (Å²) >= 11 is 0. The number of carbonyl (C=O) groups excluding carboxylic acids is 2. The predicted octanol–water partition coefficient (Wildman–Crippen LogP) is 1.35. The van der Waals surface area contributed by atoms with Crippen LogP contribution in [0.15, 0.2) is 18.2 Å². The molecule has 2 saturated heterocycles. The van der Waals surface area contributed by atoms with Crippen LogP contribution in [0.25, 0.3) is 0 Å². The summed E-state index contributed by atoms with van der Waals surface area (Å²) in [4.78, 5) is 37.5. The van der Waals surface area contributed by atoms with Crippen LogP contribution >= 0.6 is 0 Å². The Morgan fingerprint density at radius 2 is 1.83 bits per heavy atom. The highest BCUT2D eigenvalue weighted by Crippen LogP contribution is 2.38. The summed E-state index contributed by atoms with van der Waals surface area (Å²) < 4.78 is 10.9. The second-order valence-corrected chi connectivity index (χ2v) is 7.49. The summed E-state index contributed by atoms with van der Waals surface area (Å²) in [6.45, 7) is 3.20. The van der Waals surface area contributed by atoms with Gasteiger partial charge in [0.1, 0.15) is 6.61 Å². The normalized spacial score (nSPS) is 17.4. The van der Waals surface area contributed by atoms with E-state index in [1.54, 1.807) is 25.3 Å². The number of nitrogens with zero attached hydrogens (tertiary/aromatic N) is 2. The van der Waals surface area contributed by atoms with E-state index >= 15 is 0 Å². The van der Waals surface area contributed by atoms with E-state index in [1.807, 2.05) is 16.8 Å². The minimum Gasteiger partial charge on any atom is -0.493 e. The molecule has 2 heterocycles. The number of ether oxygens (including phenoxy) is 2. The molecule has 9 nitrogen and oxygen atoms in total. The molecule has 1 aromatic rings. The maximum Gasteiger partial charge on any atom is 0.300 e. The molecule has 1 aromatic carbocycles. The Balaban J connectivity index is 0.000000735. The average Bonchev–Trinajstić information content (AvgIpc) is 3.00. The van der Waals surface area contributed by atoms with Gasteiger partial charge in [-0.25, -0.2) is 0 Å². The van der Waals surface area contributed by atoms with Crippen LogP contribution in [0, 0.1) is 0 Å². The molecule has 166 valence electrons. The molecular formula is C21H31N3O6. The smallest absolute Gasteiger partial charge is 0.300 e. The molecule has 3 rings (SSSR count). The van der Waals surface area contributed by atoms with Crippen molar-refractivity contribution in [2.75, 3.05) is 40.4 Å². The molecule has 2 aliphatic rings. The number of amides is 2. The molecule has 2 aliphatic heterocycles. The maximum atomic E-state index is 12.9. The first kappa shape index (κ1) is 23.5. The lowest BCUT2D eigenvalue weighted by atomic mass is 9.85. The van der Waals surface area contributed by atoms with Crippen molar-refractivity contribution in [1.29, 1.82) is 0 Å². The van der Waals surface area contributed by atoms with E-state index in [-0.39, 0.29) is 17.4 Å². The SMILES string of the molecule is CC(=O)O.COc1cc(C(=O)N2CCC3(CCC(=O)N3C)CC2)ccc1OCCN. The van der Waals surface area contributed by atoms with Crippen molar-refractivity contribution in [3.63, 3.8) is 0 Å². The van der Waals surface area contributed by atoms with Gasteiger partial charge >= 0.3 is 0 Å². The molecule has 3 N–H and O–H groups in total. The van der Waals surface area contributed by atoms with E-state index < -0.39 is 5.97 Å². The topological polar surface area (TPSA) is 122 Å². The van der Waals surface area contributed by atoms with Crippen molar-refractivity contribution >= 4 is 17.8 Å². The van der Waals surface area contributed by atoms with Crippen LogP contribution in [0.3, 0.4) is 0 Å². The third-order valence-corrected chi connectivity index (χ3v) is 5.66. The molecule has 0 unspecified atom stereocenters. The Morgan fingerprint density at radius 3 is 2.33 bits per heavy atom. The quantitative estimate of drug-likeness (QED) is 0.736. The fraction of sp³-hybridized carbons (Fsp3) is 0.571. The van der Waals surface area contributed by atoms with Crippen LogP contribution in [0.5, 0.6) is 11.5 Å². The summed E-state index contributed by atoms with van der Waals surface area (Å²) in [5.74, 6) is 0.468. The summed E-state index contributed by atoms with van der Waals surface area (Å²) in [5, 5.41) is 7.42. The maximum absolute atomic E-state index is 12.9. The number of carboxylic acids is 1. The fourth-order valence-electron chi connectivity index (χ4n) is 3.92. The van der Waals surface area contributed by atoms with Crippen LogP contribution in [0.2, 0.25) is 0 Å². The van der Waals surface area contributed by atoms with E-state index in [2.05, 4.69) is 0 Å². The highest BCUT2D eigenvalue weighted by molar-refractivity contribution is 5.95. The Bertz CT molecular complexity index is 770. The van der Waals surface area contributed by atoms with Crippen LogP contribution < -0.4 is 15.2 Å². The number of piperidine rings is 1. The van der Waals surface area contributed by atoms with Gasteiger partial charge in [-0.15, -0.1) is 0 Å². The lowest BCUT2D eigenvalue weighted by Gasteiger charge is -2.43. The molecular weight excluding hydrogens is 390 g/mol. The van der Waals surface area contributed by atoms with Gasteiger partial charge in [0.2, 0.25) is 5.91 Å². The first-order valence-corrected chi connectivity index (χ1v) is 10.0. The zero-order valence-corrected chi connectivity index (χ0v) is 17.8. The molecule has 0 aromatic heterocycles. The van der Waals surface area contributed by atoms with Gasteiger partial charge in [0.25, 0.3) is 11.9 Å². The zero-order chi connectivity index (χ0) is 22.3. The number of hydrogen-bond acceptors (Lipinski definition) is 6. The standard InChI is InChI=1S/C19H27N3O4.C2H4O2/c1-21-17(23)5-6-19(21)7-10-22(11-8-19)18(24)14-3-4-15(26-12-9-20)16(13-14)25-2;1-2(3)4/h3-4,13H,5-12,20H2,1-2H3;1H3,(H,3,4). The van der Waals surface area contributed by atoms with Crippen LogP contribution in [-0.4, -0.2) is 78.6 Å². The monoisotopic (exact) mass is 421 g/mol. The van der Waals surface area contributed by atoms with Crippen LogP contribution in [0.1, 0.15) is 43.0 Å². The Kier molecular flexibility index (Phi) is 8.05. The molecule has 0 saturated carbocycles. The molecule has 30 heavy (non-hydrogen) atoms. The number of methoxy groups -OCH3 is 1. The second-order valence-electron chi connectivity index (χ2n) is 7.49. The van der Waals surface area contributed by atoms with E-state index in [0.717, 1.165) is 26.2 Å². The van der Waals surface area contributed by atoms with E-state index in [1.165, 1.54) is 0 Å². The van der Waals surface area contributed by atoms with Gasteiger partial charge < -0.3 is 30.1 Å². The summed E-state index contributed by atoms with van der Waals surface area (Å²) in [6, 6.07) is 5.21. The minimum atomic E-state index is -0.833. The van der Waals surface area contributed by atoms with E-state index in [4.69, 9.17) is 25.1 Å². The lowest BCUT2D eigenvalue weighted by molar-refractivity contribution is -0.134. The van der Waals surface area contributed by atoms with Crippen LogP contribution in [-0.2, 0) is 9.59 Å². The highest BCUT2D eigenvalue weighted by Gasteiger charge is 2.45. The first-order valence-electron chi connectivity index (χ1n) is 10.0. The third-order valence-electron chi connectivity index (χ3n) is 5.66. The molecule has 0 bridgehead atoms. The average molecular weight is 421 g/mol. The zero-order valence-electron chi connectivity index (χ0n) is 17.8. The number of nitrogens with two attached hydrogens (primary N) is 1. The molecule has 2 fully saturated rings. The summed E-state index contributed by atoms with van der Waals surface area (Å²) in [7, 11) is 3.44. The minimum absolute atomic E-state index is 0.0181. The van der Waals surface area contributed by atoms with E-state index in [9.17, 15) is 9.59 Å². The summed E-state index contributed by atoms with van der Waals surface area (Å²) in [6.07, 6.45) is 3.17. The molecule has 0 radical (unpaired) electrons. The largest absolute Gasteiger partial charge is 0.493 e.